The second-order valence-corrected chi connectivity index (χ2v) is 6.10. The molecule has 1 aliphatic carbocycles. The number of hydrogen-bond acceptors (Lipinski definition) is 3. The van der Waals surface area contributed by atoms with Gasteiger partial charge in [-0.15, -0.1) is 0 Å². The van der Waals surface area contributed by atoms with Crippen LogP contribution in [0.3, 0.4) is 0 Å². The molecule has 3 atom stereocenters. The Morgan fingerprint density at radius 1 is 1.33 bits per heavy atom. The van der Waals surface area contributed by atoms with E-state index in [1.54, 1.807) is 7.11 Å². The lowest BCUT2D eigenvalue weighted by atomic mass is 9.73. The van der Waals surface area contributed by atoms with Crippen LogP contribution in [0.1, 0.15) is 58.3 Å². The van der Waals surface area contributed by atoms with Gasteiger partial charge in [-0.2, -0.15) is 0 Å². The van der Waals surface area contributed by atoms with Crippen molar-refractivity contribution in [2.24, 2.45) is 11.7 Å². The molecular formula is C15H29NO2. The van der Waals surface area contributed by atoms with Crippen molar-refractivity contribution in [3.05, 3.63) is 0 Å². The van der Waals surface area contributed by atoms with Gasteiger partial charge in [0.25, 0.3) is 0 Å². The molecule has 3 heteroatoms. The van der Waals surface area contributed by atoms with Gasteiger partial charge in [-0.1, -0.05) is 26.2 Å². The Bertz CT molecular complexity index is 241. The first-order valence-corrected chi connectivity index (χ1v) is 7.63. The molecule has 1 spiro atoms. The Hall–Kier alpha value is -0.120. The van der Waals surface area contributed by atoms with Crippen molar-refractivity contribution in [2.75, 3.05) is 13.7 Å². The van der Waals surface area contributed by atoms with Crippen molar-refractivity contribution >= 4 is 0 Å². The fourth-order valence-electron chi connectivity index (χ4n) is 3.84. The monoisotopic (exact) mass is 255 g/mol. The standard InChI is InChI=1S/C15H29NO2/c1-3-13(17-2)14(16)12-7-10-18-15(11-12)8-5-4-6-9-15/h12-14H,3-11,16H2,1-2H3. The Morgan fingerprint density at radius 2 is 2.06 bits per heavy atom. The second kappa shape index (κ2) is 6.36. The van der Waals surface area contributed by atoms with Gasteiger partial charge in [0, 0.05) is 19.8 Å². The Balaban J connectivity index is 1.97. The molecule has 1 saturated carbocycles. The van der Waals surface area contributed by atoms with Crippen LogP contribution in [0.25, 0.3) is 0 Å². The molecule has 2 rings (SSSR count). The molecule has 0 aromatic rings. The lowest BCUT2D eigenvalue weighted by molar-refractivity contribution is -0.126. The third-order valence-electron chi connectivity index (χ3n) is 4.97. The second-order valence-electron chi connectivity index (χ2n) is 6.10. The summed E-state index contributed by atoms with van der Waals surface area (Å²) in [6, 6.07) is 0.169. The minimum absolute atomic E-state index is 0.158. The van der Waals surface area contributed by atoms with E-state index in [1.165, 1.54) is 32.1 Å². The van der Waals surface area contributed by atoms with Crippen molar-refractivity contribution in [2.45, 2.75) is 76.0 Å². The highest BCUT2D eigenvalue weighted by Crippen LogP contribution is 2.41. The van der Waals surface area contributed by atoms with Gasteiger partial charge >= 0.3 is 0 Å². The van der Waals surface area contributed by atoms with Gasteiger partial charge in [-0.25, -0.2) is 0 Å². The highest BCUT2D eigenvalue weighted by molar-refractivity contribution is 4.94. The average molecular weight is 255 g/mol. The maximum absolute atomic E-state index is 6.42. The zero-order valence-electron chi connectivity index (χ0n) is 12.0. The van der Waals surface area contributed by atoms with Crippen LogP contribution in [0, 0.1) is 5.92 Å². The van der Waals surface area contributed by atoms with Crippen LogP contribution in [0.15, 0.2) is 0 Å². The van der Waals surface area contributed by atoms with Crippen LogP contribution >= 0.6 is 0 Å². The summed E-state index contributed by atoms with van der Waals surface area (Å²) in [6.45, 7) is 3.04. The predicted molar refractivity (Wildman–Crippen MR) is 73.6 cm³/mol. The predicted octanol–water partition coefficient (Wildman–Crippen LogP) is 2.87. The van der Waals surface area contributed by atoms with Gasteiger partial charge in [0.15, 0.2) is 0 Å². The quantitative estimate of drug-likeness (QED) is 0.840. The first-order valence-electron chi connectivity index (χ1n) is 7.63. The van der Waals surface area contributed by atoms with Crippen LogP contribution in [0.5, 0.6) is 0 Å². The summed E-state index contributed by atoms with van der Waals surface area (Å²) in [5.74, 6) is 0.571. The minimum atomic E-state index is 0.158. The molecule has 1 aliphatic heterocycles. The molecule has 3 nitrogen and oxygen atoms in total. The number of hydrogen-bond donors (Lipinski definition) is 1. The molecule has 0 aromatic heterocycles. The highest BCUT2D eigenvalue weighted by atomic mass is 16.5. The van der Waals surface area contributed by atoms with E-state index in [4.69, 9.17) is 15.2 Å². The molecule has 0 aromatic carbocycles. The Kier molecular flexibility index (Phi) is 5.05. The van der Waals surface area contributed by atoms with E-state index in [0.717, 1.165) is 25.9 Å². The molecule has 2 N–H and O–H groups in total. The maximum Gasteiger partial charge on any atom is 0.0722 e. The van der Waals surface area contributed by atoms with Crippen LogP contribution < -0.4 is 5.73 Å². The molecule has 0 amide bonds. The van der Waals surface area contributed by atoms with Crippen molar-refractivity contribution in [1.82, 2.24) is 0 Å². The molecule has 2 fully saturated rings. The molecular weight excluding hydrogens is 226 g/mol. The van der Waals surface area contributed by atoms with Crippen LogP contribution in [-0.4, -0.2) is 31.5 Å². The van der Waals surface area contributed by atoms with Crippen molar-refractivity contribution in [1.29, 1.82) is 0 Å². The van der Waals surface area contributed by atoms with E-state index in [-0.39, 0.29) is 17.7 Å². The molecule has 2 aliphatic rings. The largest absolute Gasteiger partial charge is 0.380 e. The fourth-order valence-corrected chi connectivity index (χ4v) is 3.84. The first-order chi connectivity index (χ1) is 8.71. The normalized spacial score (nSPS) is 31.2. The van der Waals surface area contributed by atoms with E-state index in [1.807, 2.05) is 0 Å². The molecule has 1 saturated heterocycles. The van der Waals surface area contributed by atoms with Gasteiger partial charge in [0.1, 0.15) is 0 Å². The van der Waals surface area contributed by atoms with Crippen molar-refractivity contribution in [3.63, 3.8) is 0 Å². The van der Waals surface area contributed by atoms with Crippen LogP contribution in [-0.2, 0) is 9.47 Å². The lowest BCUT2D eigenvalue weighted by Gasteiger charge is -2.45. The summed E-state index contributed by atoms with van der Waals surface area (Å²) in [4.78, 5) is 0. The third-order valence-corrected chi connectivity index (χ3v) is 4.97. The summed E-state index contributed by atoms with van der Waals surface area (Å²) in [5.41, 5.74) is 6.58. The maximum atomic E-state index is 6.42. The zero-order valence-corrected chi connectivity index (χ0v) is 12.0. The van der Waals surface area contributed by atoms with E-state index in [9.17, 15) is 0 Å². The minimum Gasteiger partial charge on any atom is -0.380 e. The van der Waals surface area contributed by atoms with E-state index in [2.05, 4.69) is 6.92 Å². The van der Waals surface area contributed by atoms with Gasteiger partial charge in [-0.3, -0.25) is 0 Å². The van der Waals surface area contributed by atoms with Crippen molar-refractivity contribution < 1.29 is 9.47 Å². The number of nitrogens with two attached hydrogens (primary N) is 1. The number of ether oxygens (including phenoxy) is 2. The Morgan fingerprint density at radius 3 is 2.67 bits per heavy atom. The Labute approximate surface area is 111 Å². The smallest absolute Gasteiger partial charge is 0.0722 e. The van der Waals surface area contributed by atoms with Gasteiger partial charge < -0.3 is 15.2 Å². The topological polar surface area (TPSA) is 44.5 Å². The summed E-state index contributed by atoms with van der Waals surface area (Å²) in [5, 5.41) is 0. The SMILES string of the molecule is CCC(OC)C(N)C1CCOC2(CCCCC2)C1. The summed E-state index contributed by atoms with van der Waals surface area (Å²) in [6.07, 6.45) is 9.94. The molecule has 106 valence electrons. The molecule has 18 heavy (non-hydrogen) atoms. The zero-order chi connectivity index (χ0) is 13.0. The fraction of sp³-hybridized carbons (Fsp3) is 1.00. The number of rotatable bonds is 4. The highest BCUT2D eigenvalue weighted by Gasteiger charge is 2.41. The first kappa shape index (κ1) is 14.3. The summed E-state index contributed by atoms with van der Waals surface area (Å²) in [7, 11) is 1.78. The summed E-state index contributed by atoms with van der Waals surface area (Å²) < 4.78 is 11.7. The molecule has 0 bridgehead atoms. The van der Waals surface area contributed by atoms with Gasteiger partial charge in [-0.05, 0) is 38.0 Å². The number of methoxy groups -OCH3 is 1. The van der Waals surface area contributed by atoms with Gasteiger partial charge in [0.2, 0.25) is 0 Å². The summed E-state index contributed by atoms with van der Waals surface area (Å²) >= 11 is 0. The van der Waals surface area contributed by atoms with Crippen molar-refractivity contribution in [3.8, 4) is 0 Å². The molecule has 0 radical (unpaired) electrons. The third kappa shape index (κ3) is 3.06. The van der Waals surface area contributed by atoms with Crippen LogP contribution in [0.2, 0.25) is 0 Å². The molecule has 1 heterocycles. The van der Waals surface area contributed by atoms with E-state index >= 15 is 0 Å². The molecule has 3 unspecified atom stereocenters. The lowest BCUT2D eigenvalue weighted by Crippen LogP contribution is -2.50. The average Bonchev–Trinajstić information content (AvgIpc) is 2.41. The van der Waals surface area contributed by atoms with Crippen LogP contribution in [0.4, 0.5) is 0 Å². The van der Waals surface area contributed by atoms with Gasteiger partial charge in [0.05, 0.1) is 11.7 Å². The van der Waals surface area contributed by atoms with E-state index in [0.29, 0.717) is 5.92 Å². The van der Waals surface area contributed by atoms with E-state index < -0.39 is 0 Å².